The van der Waals surface area contributed by atoms with Crippen molar-refractivity contribution in [2.45, 2.75) is 32.6 Å². The maximum atomic E-state index is 10.4. The van der Waals surface area contributed by atoms with Gasteiger partial charge in [0, 0.05) is 6.42 Å². The third-order valence-corrected chi connectivity index (χ3v) is 1.24. The number of unbranched alkanes of at least 4 members (excludes halogenated alkanes) is 3. The van der Waals surface area contributed by atoms with Crippen molar-refractivity contribution in [2.24, 2.45) is 5.84 Å². The third-order valence-electron chi connectivity index (χ3n) is 1.24. The SMILES string of the molecule is CCCCCC#CC(=O)NN. The Morgan fingerprint density at radius 1 is 1.55 bits per heavy atom. The fourth-order valence-corrected chi connectivity index (χ4v) is 0.642. The van der Waals surface area contributed by atoms with Gasteiger partial charge in [-0.15, -0.1) is 0 Å². The topological polar surface area (TPSA) is 55.1 Å². The molecule has 0 radical (unpaired) electrons. The molecule has 3 heteroatoms. The number of amides is 1. The summed E-state index contributed by atoms with van der Waals surface area (Å²) in [6, 6.07) is 0. The molecule has 0 aliphatic rings. The number of carbonyl (C=O) groups excluding carboxylic acids is 1. The van der Waals surface area contributed by atoms with E-state index in [2.05, 4.69) is 18.8 Å². The lowest BCUT2D eigenvalue weighted by Crippen LogP contribution is -2.28. The Bertz CT molecular complexity index is 167. The highest BCUT2D eigenvalue weighted by atomic mass is 16.2. The molecule has 0 aliphatic carbocycles. The summed E-state index contributed by atoms with van der Waals surface area (Å²) in [5.74, 6) is 9.49. The molecular formula is C8H14N2O. The van der Waals surface area contributed by atoms with Gasteiger partial charge < -0.3 is 0 Å². The summed E-state index contributed by atoms with van der Waals surface area (Å²) in [6.07, 6.45) is 4.17. The molecule has 0 aliphatic heterocycles. The minimum absolute atomic E-state index is 0.415. The molecule has 0 heterocycles. The predicted molar refractivity (Wildman–Crippen MR) is 44.2 cm³/mol. The smallest absolute Gasteiger partial charge is 0.283 e. The van der Waals surface area contributed by atoms with Gasteiger partial charge >= 0.3 is 5.91 Å². The van der Waals surface area contributed by atoms with Crippen LogP contribution < -0.4 is 11.3 Å². The second-order valence-corrected chi connectivity index (χ2v) is 2.23. The first-order valence-corrected chi connectivity index (χ1v) is 3.80. The van der Waals surface area contributed by atoms with Gasteiger partial charge in [-0.1, -0.05) is 25.7 Å². The molecule has 0 bridgehead atoms. The molecular weight excluding hydrogens is 140 g/mol. The van der Waals surface area contributed by atoms with Crippen LogP contribution in [-0.2, 0) is 4.79 Å². The van der Waals surface area contributed by atoms with Crippen LogP contribution in [0.4, 0.5) is 0 Å². The van der Waals surface area contributed by atoms with E-state index in [0.29, 0.717) is 0 Å². The zero-order valence-corrected chi connectivity index (χ0v) is 6.81. The first kappa shape index (κ1) is 9.99. The molecule has 0 rings (SSSR count). The van der Waals surface area contributed by atoms with E-state index >= 15 is 0 Å². The average Bonchev–Trinajstić information content (AvgIpc) is 2.04. The van der Waals surface area contributed by atoms with Gasteiger partial charge in [0.2, 0.25) is 0 Å². The Labute approximate surface area is 67.3 Å². The number of rotatable bonds is 3. The van der Waals surface area contributed by atoms with Crippen LogP contribution in [0, 0.1) is 11.8 Å². The highest BCUT2D eigenvalue weighted by molar-refractivity contribution is 5.92. The van der Waals surface area contributed by atoms with Crippen LogP contribution in [0.2, 0.25) is 0 Å². The zero-order chi connectivity index (χ0) is 8.53. The number of hydrazine groups is 1. The lowest BCUT2D eigenvalue weighted by atomic mass is 10.2. The Hall–Kier alpha value is -1.01. The second-order valence-electron chi connectivity index (χ2n) is 2.23. The van der Waals surface area contributed by atoms with E-state index in [1.54, 1.807) is 0 Å². The number of nitrogens with one attached hydrogen (secondary N) is 1. The molecule has 0 unspecified atom stereocenters. The molecule has 0 aromatic carbocycles. The highest BCUT2D eigenvalue weighted by Crippen LogP contribution is 1.96. The molecule has 62 valence electrons. The second kappa shape index (κ2) is 7.10. The molecule has 0 spiro atoms. The molecule has 3 N–H and O–H groups in total. The van der Waals surface area contributed by atoms with E-state index in [4.69, 9.17) is 5.84 Å². The van der Waals surface area contributed by atoms with Gasteiger partial charge in [-0.2, -0.15) is 0 Å². The van der Waals surface area contributed by atoms with Crippen molar-refractivity contribution in [1.29, 1.82) is 0 Å². The Morgan fingerprint density at radius 2 is 2.27 bits per heavy atom. The van der Waals surface area contributed by atoms with Gasteiger partial charge in [0.25, 0.3) is 0 Å². The van der Waals surface area contributed by atoms with Crippen molar-refractivity contribution < 1.29 is 4.79 Å². The fourth-order valence-electron chi connectivity index (χ4n) is 0.642. The van der Waals surface area contributed by atoms with Gasteiger partial charge in [-0.05, 0) is 12.3 Å². The molecule has 0 saturated heterocycles. The summed E-state index contributed by atoms with van der Waals surface area (Å²) in [5, 5.41) is 0. The third kappa shape index (κ3) is 6.88. The minimum atomic E-state index is -0.415. The van der Waals surface area contributed by atoms with Gasteiger partial charge in [0.15, 0.2) is 0 Å². The normalized spacial score (nSPS) is 8.18. The summed E-state index contributed by atoms with van der Waals surface area (Å²) >= 11 is 0. The maximum Gasteiger partial charge on any atom is 0.309 e. The highest BCUT2D eigenvalue weighted by Gasteiger charge is 1.85. The fraction of sp³-hybridized carbons (Fsp3) is 0.625. The number of hydrogen-bond acceptors (Lipinski definition) is 2. The van der Waals surface area contributed by atoms with E-state index in [1.807, 2.05) is 5.43 Å². The van der Waals surface area contributed by atoms with E-state index < -0.39 is 5.91 Å². The molecule has 1 amide bonds. The minimum Gasteiger partial charge on any atom is -0.283 e. The van der Waals surface area contributed by atoms with E-state index in [0.717, 1.165) is 12.8 Å². The molecule has 11 heavy (non-hydrogen) atoms. The first-order chi connectivity index (χ1) is 5.31. The Kier molecular flexibility index (Phi) is 6.45. The van der Waals surface area contributed by atoms with E-state index in [1.165, 1.54) is 12.8 Å². The van der Waals surface area contributed by atoms with Crippen molar-refractivity contribution >= 4 is 5.91 Å². The summed E-state index contributed by atoms with van der Waals surface area (Å²) in [4.78, 5) is 10.4. The van der Waals surface area contributed by atoms with Crippen LogP contribution in [0.3, 0.4) is 0 Å². The van der Waals surface area contributed by atoms with Crippen LogP contribution in [0.5, 0.6) is 0 Å². The van der Waals surface area contributed by atoms with Crippen LogP contribution in [0.25, 0.3) is 0 Å². The van der Waals surface area contributed by atoms with Gasteiger partial charge in [0.05, 0.1) is 0 Å². The molecule has 0 atom stereocenters. The van der Waals surface area contributed by atoms with Gasteiger partial charge in [-0.3, -0.25) is 10.2 Å². The maximum absolute atomic E-state index is 10.4. The largest absolute Gasteiger partial charge is 0.309 e. The lowest BCUT2D eigenvalue weighted by molar-refractivity contribution is -0.115. The first-order valence-electron chi connectivity index (χ1n) is 3.80. The number of hydrogen-bond donors (Lipinski definition) is 2. The predicted octanol–water partition coefficient (Wildman–Crippen LogP) is 0.560. The van der Waals surface area contributed by atoms with Crippen molar-refractivity contribution in [2.75, 3.05) is 0 Å². The van der Waals surface area contributed by atoms with Gasteiger partial charge in [0.1, 0.15) is 0 Å². The van der Waals surface area contributed by atoms with Crippen LogP contribution in [0.1, 0.15) is 32.6 Å². The van der Waals surface area contributed by atoms with Gasteiger partial charge in [-0.25, -0.2) is 5.84 Å². The number of carbonyl (C=O) groups is 1. The van der Waals surface area contributed by atoms with Crippen LogP contribution in [-0.4, -0.2) is 5.91 Å². The summed E-state index contributed by atoms with van der Waals surface area (Å²) < 4.78 is 0. The zero-order valence-electron chi connectivity index (χ0n) is 6.81. The summed E-state index contributed by atoms with van der Waals surface area (Å²) in [6.45, 7) is 2.13. The summed E-state index contributed by atoms with van der Waals surface area (Å²) in [5.41, 5.74) is 1.94. The van der Waals surface area contributed by atoms with Crippen molar-refractivity contribution in [3.05, 3.63) is 0 Å². The monoisotopic (exact) mass is 154 g/mol. The summed E-state index contributed by atoms with van der Waals surface area (Å²) in [7, 11) is 0. The van der Waals surface area contributed by atoms with Crippen molar-refractivity contribution in [3.63, 3.8) is 0 Å². The molecule has 3 nitrogen and oxygen atoms in total. The average molecular weight is 154 g/mol. The van der Waals surface area contributed by atoms with E-state index in [-0.39, 0.29) is 0 Å². The standard InChI is InChI=1S/C8H14N2O/c1-2-3-4-5-6-7-8(11)10-9/h2-5,9H2,1H3,(H,10,11). The Morgan fingerprint density at radius 3 is 2.82 bits per heavy atom. The van der Waals surface area contributed by atoms with Crippen LogP contribution in [0.15, 0.2) is 0 Å². The molecule has 0 saturated carbocycles. The molecule has 0 fully saturated rings. The number of nitrogens with two attached hydrogens (primary N) is 1. The van der Waals surface area contributed by atoms with Crippen LogP contribution >= 0.6 is 0 Å². The quantitative estimate of drug-likeness (QED) is 0.205. The van der Waals surface area contributed by atoms with Crippen molar-refractivity contribution in [3.8, 4) is 11.8 Å². The molecule has 0 aromatic heterocycles. The van der Waals surface area contributed by atoms with Crippen molar-refractivity contribution in [1.82, 2.24) is 5.43 Å². The lowest BCUT2D eigenvalue weighted by Gasteiger charge is -1.88. The molecule has 0 aromatic rings. The van der Waals surface area contributed by atoms with E-state index in [9.17, 15) is 4.79 Å². The Balaban J connectivity index is 3.32.